The highest BCUT2D eigenvalue weighted by atomic mass is 32.2. The van der Waals surface area contributed by atoms with Gasteiger partial charge in [-0.2, -0.15) is 25.3 Å². The van der Waals surface area contributed by atoms with Gasteiger partial charge in [-0.05, 0) is 75.7 Å². The van der Waals surface area contributed by atoms with Crippen molar-refractivity contribution in [2.75, 3.05) is 49.4 Å². The molecule has 0 aromatic carbocycles. The molecule has 1 heterocycles. The van der Waals surface area contributed by atoms with E-state index in [0.717, 1.165) is 11.8 Å². The Morgan fingerprint density at radius 1 is 0.589 bits per heavy atom. The van der Waals surface area contributed by atoms with Crippen LogP contribution in [0.3, 0.4) is 0 Å². The number of aliphatic hydroxyl groups is 1. The largest absolute Gasteiger partial charge is 0.481 e. The summed E-state index contributed by atoms with van der Waals surface area (Å²) in [6.07, 6.45) is -0.644. The van der Waals surface area contributed by atoms with Crippen molar-refractivity contribution in [1.29, 1.82) is 0 Å². The number of nitrogens with one attached hydrogen (secondary N) is 11. The van der Waals surface area contributed by atoms with Gasteiger partial charge in [0.1, 0.15) is 60.4 Å². The fourth-order valence-electron chi connectivity index (χ4n) is 8.74. The third-order valence-electron chi connectivity index (χ3n) is 13.8. The van der Waals surface area contributed by atoms with Crippen LogP contribution in [-0.2, 0) is 71.9 Å². The molecule has 36 heteroatoms. The number of nitrogens with zero attached hydrogens (tertiary/aromatic N) is 1. The molecule has 90 heavy (non-hydrogen) atoms. The summed E-state index contributed by atoms with van der Waals surface area (Å²) < 4.78 is 0. The Bertz CT molecular complexity index is 2500. The second-order valence-corrected chi connectivity index (χ2v) is 24.2. The number of carboxylic acids is 2. The first-order valence-electron chi connectivity index (χ1n) is 29.4. The quantitative estimate of drug-likeness (QED) is 0.0154. The number of amides is 13. The minimum Gasteiger partial charge on any atom is -0.481 e. The van der Waals surface area contributed by atoms with E-state index in [1.807, 2.05) is 0 Å². The van der Waals surface area contributed by atoms with Crippen molar-refractivity contribution in [1.82, 2.24) is 63.4 Å². The third-order valence-corrected chi connectivity index (χ3v) is 15.4. The molecule has 0 aromatic heterocycles. The lowest BCUT2D eigenvalue weighted by Gasteiger charge is -2.32. The zero-order valence-corrected chi connectivity index (χ0v) is 54.4. The van der Waals surface area contributed by atoms with Crippen molar-refractivity contribution >= 4 is 126 Å². The van der Waals surface area contributed by atoms with Crippen molar-refractivity contribution in [3.05, 3.63) is 0 Å². The number of thiol groups is 2. The van der Waals surface area contributed by atoms with E-state index in [1.54, 1.807) is 41.5 Å². The van der Waals surface area contributed by atoms with Crippen LogP contribution in [0.15, 0.2) is 0 Å². The number of aliphatic carboxylic acids is 2. The molecule has 1 saturated heterocycles. The molecular formula is C54H93N15O18S3. The van der Waals surface area contributed by atoms with Crippen LogP contribution in [0, 0.1) is 17.8 Å². The Kier molecular flexibility index (Phi) is 37.9. The summed E-state index contributed by atoms with van der Waals surface area (Å²) in [7, 11) is 0. The number of aliphatic hydroxyl groups excluding tert-OH is 1. The lowest BCUT2D eigenvalue weighted by atomic mass is 10.0. The van der Waals surface area contributed by atoms with Crippen molar-refractivity contribution in [2.45, 2.75) is 179 Å². The second-order valence-electron chi connectivity index (χ2n) is 22.4. The van der Waals surface area contributed by atoms with E-state index in [0.29, 0.717) is 12.8 Å². The minimum absolute atomic E-state index is 0.0222. The van der Waals surface area contributed by atoms with Gasteiger partial charge < -0.3 is 95.9 Å². The summed E-state index contributed by atoms with van der Waals surface area (Å²) >= 11 is 9.27. The zero-order valence-electron chi connectivity index (χ0n) is 51.8. The topological polar surface area (TPSA) is 530 Å². The van der Waals surface area contributed by atoms with Crippen molar-refractivity contribution in [2.24, 2.45) is 35.0 Å². The Morgan fingerprint density at radius 3 is 1.63 bits per heavy atom. The maximum Gasteiger partial charge on any atom is 0.327 e. The van der Waals surface area contributed by atoms with E-state index in [1.165, 1.54) is 11.8 Å². The number of carboxylic acid groups (broad SMARTS) is 2. The summed E-state index contributed by atoms with van der Waals surface area (Å²) in [5.41, 5.74) is 17.0. The molecule has 20 N–H and O–H groups in total. The van der Waals surface area contributed by atoms with Gasteiger partial charge in [0.05, 0.1) is 25.1 Å². The van der Waals surface area contributed by atoms with Crippen LogP contribution in [0.4, 0.5) is 0 Å². The van der Waals surface area contributed by atoms with Gasteiger partial charge in [-0.1, -0.05) is 41.5 Å². The number of unbranched alkanes of at least 4 members (excludes halogenated alkanes) is 1. The first kappa shape index (κ1) is 81.0. The summed E-state index contributed by atoms with van der Waals surface area (Å²) in [6.45, 7) is 9.56. The number of rotatable bonds is 43. The molecule has 11 atom stereocenters. The molecule has 33 nitrogen and oxygen atoms in total. The van der Waals surface area contributed by atoms with Gasteiger partial charge >= 0.3 is 11.9 Å². The average Bonchev–Trinajstić information content (AvgIpc) is 1.67. The molecular weight excluding hydrogens is 1240 g/mol. The number of likely N-dealkylation sites (tertiary alicyclic amines) is 1. The molecule has 0 unspecified atom stereocenters. The highest BCUT2D eigenvalue weighted by Gasteiger charge is 2.42. The monoisotopic (exact) mass is 1340 g/mol. The second kappa shape index (κ2) is 42.1. The van der Waals surface area contributed by atoms with Crippen LogP contribution in [0.1, 0.15) is 113 Å². The predicted octanol–water partition coefficient (Wildman–Crippen LogP) is -5.84. The van der Waals surface area contributed by atoms with E-state index >= 15 is 0 Å². The maximum atomic E-state index is 14.3. The first-order valence-corrected chi connectivity index (χ1v) is 31.8. The van der Waals surface area contributed by atoms with Crippen molar-refractivity contribution in [3.8, 4) is 0 Å². The molecule has 510 valence electrons. The lowest BCUT2D eigenvalue weighted by Crippen LogP contribution is -2.61. The van der Waals surface area contributed by atoms with Gasteiger partial charge in [-0.25, -0.2) is 4.79 Å². The average molecular weight is 1340 g/mol. The van der Waals surface area contributed by atoms with Gasteiger partial charge in [0, 0.05) is 43.6 Å². The highest BCUT2D eigenvalue weighted by Crippen LogP contribution is 2.22. The highest BCUT2D eigenvalue weighted by molar-refractivity contribution is 7.99. The van der Waals surface area contributed by atoms with Crippen LogP contribution in [0.5, 0.6) is 0 Å². The summed E-state index contributed by atoms with van der Waals surface area (Å²) in [5.74, 6) is -15.6. The zero-order chi connectivity index (χ0) is 68.5. The minimum atomic E-state index is -1.72. The van der Waals surface area contributed by atoms with Gasteiger partial charge in [0.25, 0.3) is 0 Å². The number of hydrogen-bond donors (Lipinski definition) is 19. The Morgan fingerprint density at radius 2 is 1.10 bits per heavy atom. The molecule has 1 aliphatic heterocycles. The molecule has 0 bridgehead atoms. The van der Waals surface area contributed by atoms with Crippen LogP contribution < -0.4 is 75.7 Å². The van der Waals surface area contributed by atoms with E-state index < -0.39 is 194 Å². The number of carbonyl (C=O) groups excluding carboxylic acids is 13. The smallest absolute Gasteiger partial charge is 0.327 e. The van der Waals surface area contributed by atoms with Crippen LogP contribution in [-0.4, -0.2) is 225 Å². The molecule has 1 rings (SSSR count). The fourth-order valence-corrected chi connectivity index (χ4v) is 10.1. The standard InChI is InChI=1S/C54H93N15O18S3/c1-26(2)19-34(48(80)66-37(23-89)54(86)87)63-46(78)32(13-15-39(57)72)60-40(73)20-58-45(77)31(11-8-9-17-55)62-49(81)35(21-70)64-52(84)42(27(3)4)67-51(83)38-12-10-18-69(38)53(85)43(28(5)6)68-50(82)36(22-88)65-47(79)33(14-16-41(74)75)61-44(76)30(56)24-90-25-59-29(7)71/h26-28,30-38,42-43,70,88-89H,8-25,55-56H2,1-7H3,(H2,57,72)(H,58,77)(H,59,71)(H,60,73)(H,61,76)(H,62,81)(H,63,78)(H,64,84)(H,65,79)(H,66,80)(H,67,83)(H,68,82)(H,74,75)(H,86,87)/t30-,31-,32-,33-,34-,35-,36-,37-,38-,42-,43-/m0/s1. The maximum absolute atomic E-state index is 14.3. The summed E-state index contributed by atoms with van der Waals surface area (Å²) in [5, 5.41) is 56.1. The Labute approximate surface area is 537 Å². The lowest BCUT2D eigenvalue weighted by molar-refractivity contribution is -0.143. The Balaban J connectivity index is 3.23. The molecule has 0 aliphatic carbocycles. The van der Waals surface area contributed by atoms with E-state index in [4.69, 9.17) is 17.2 Å². The molecule has 0 aromatic rings. The number of thioether (sulfide) groups is 1. The number of nitrogens with two attached hydrogens (primary N) is 3. The fraction of sp³-hybridized carbons (Fsp3) is 0.722. The van der Waals surface area contributed by atoms with Crippen molar-refractivity contribution < 1.29 is 87.2 Å². The Hall–Kier alpha value is -7.02. The predicted molar refractivity (Wildman–Crippen MR) is 334 cm³/mol. The van der Waals surface area contributed by atoms with E-state index in [9.17, 15) is 87.2 Å². The van der Waals surface area contributed by atoms with Gasteiger partial charge in [0.2, 0.25) is 76.8 Å². The molecule has 1 fully saturated rings. The van der Waals surface area contributed by atoms with Crippen molar-refractivity contribution in [3.63, 3.8) is 0 Å². The molecule has 0 saturated carbocycles. The van der Waals surface area contributed by atoms with Crippen LogP contribution in [0.2, 0.25) is 0 Å². The van der Waals surface area contributed by atoms with Crippen LogP contribution in [0.25, 0.3) is 0 Å². The van der Waals surface area contributed by atoms with E-state index in [2.05, 4.69) is 83.7 Å². The number of hydrogen-bond acceptors (Lipinski definition) is 21. The molecule has 13 amide bonds. The normalized spacial score (nSPS) is 16.2. The summed E-state index contributed by atoms with van der Waals surface area (Å²) in [4.78, 5) is 197. The number of carbonyl (C=O) groups is 15. The van der Waals surface area contributed by atoms with Gasteiger partial charge in [-0.15, -0.1) is 11.8 Å². The SMILES string of the molecule is CC(=O)NCSC[C@H](N)C(=O)N[C@@H](CCC(=O)O)C(=O)N[C@@H](CS)C(=O)N[C@H](C(=O)N1CCC[C@H]1C(=O)N[C@H](C(=O)N[C@@H](CO)C(=O)N[C@@H](CCCCN)C(=O)NCC(=O)N[C@@H](CCC(N)=O)C(=O)N[C@@H](CC(C)C)C(=O)N[C@@H](CS)C(=O)O)C(C)C)C(C)C. The van der Waals surface area contributed by atoms with Crippen LogP contribution >= 0.6 is 37.0 Å². The van der Waals surface area contributed by atoms with Gasteiger partial charge in [0.15, 0.2) is 0 Å². The first-order chi connectivity index (χ1) is 42.2. The molecule has 1 aliphatic rings. The molecule has 0 spiro atoms. The van der Waals surface area contributed by atoms with Gasteiger partial charge in [-0.3, -0.25) is 67.1 Å². The third kappa shape index (κ3) is 29.7. The molecule has 0 radical (unpaired) electrons. The summed E-state index contributed by atoms with van der Waals surface area (Å²) in [6, 6.07) is -15.2. The number of primary amides is 1. The van der Waals surface area contributed by atoms with E-state index in [-0.39, 0.29) is 80.2 Å².